The predicted molar refractivity (Wildman–Crippen MR) is 66.6 cm³/mol. The fraction of sp³-hybridized carbons (Fsp3) is 0.692. The molecule has 94 valence electrons. The monoisotopic (exact) mass is 235 g/mol. The summed E-state index contributed by atoms with van der Waals surface area (Å²) in [5, 5.41) is 0. The van der Waals surface area contributed by atoms with E-state index in [1.54, 1.807) is 0 Å². The molecule has 0 saturated heterocycles. The van der Waals surface area contributed by atoms with Gasteiger partial charge in [-0.3, -0.25) is 4.79 Å². The molecule has 1 aromatic heterocycles. The first kappa shape index (κ1) is 12.1. The smallest absolute Gasteiger partial charge is 0.225 e. The standard InChI is InChI=1S/C13H21N3O/c1-9(2)12-14-7-11-8-15(5-6-16(11)12)13(17)10(3)4/h7,9-10H,5-6,8H2,1-4H3. The van der Waals surface area contributed by atoms with Gasteiger partial charge in [-0.05, 0) is 0 Å². The molecular weight excluding hydrogens is 214 g/mol. The van der Waals surface area contributed by atoms with Gasteiger partial charge in [0.15, 0.2) is 0 Å². The summed E-state index contributed by atoms with van der Waals surface area (Å²) >= 11 is 0. The topological polar surface area (TPSA) is 38.1 Å². The first-order chi connectivity index (χ1) is 8.00. The van der Waals surface area contributed by atoms with Gasteiger partial charge >= 0.3 is 0 Å². The van der Waals surface area contributed by atoms with E-state index in [0.717, 1.165) is 24.6 Å². The third kappa shape index (κ3) is 2.21. The van der Waals surface area contributed by atoms with Crippen molar-refractivity contribution in [2.45, 2.75) is 46.7 Å². The van der Waals surface area contributed by atoms with Gasteiger partial charge in [0, 0.05) is 24.9 Å². The lowest BCUT2D eigenvalue weighted by Gasteiger charge is -2.30. The van der Waals surface area contributed by atoms with Crippen LogP contribution in [-0.2, 0) is 17.9 Å². The number of carbonyl (C=O) groups is 1. The number of aromatic nitrogens is 2. The zero-order chi connectivity index (χ0) is 12.6. The van der Waals surface area contributed by atoms with Crippen molar-refractivity contribution in [1.82, 2.24) is 14.5 Å². The maximum atomic E-state index is 11.9. The van der Waals surface area contributed by atoms with Gasteiger partial charge in [0.05, 0.1) is 18.4 Å². The Morgan fingerprint density at radius 2 is 2.00 bits per heavy atom. The summed E-state index contributed by atoms with van der Waals surface area (Å²) in [4.78, 5) is 18.3. The Morgan fingerprint density at radius 3 is 2.59 bits per heavy atom. The van der Waals surface area contributed by atoms with Crippen LogP contribution in [-0.4, -0.2) is 26.9 Å². The second-order valence-corrected chi connectivity index (χ2v) is 5.33. The van der Waals surface area contributed by atoms with Crippen molar-refractivity contribution in [2.24, 2.45) is 5.92 Å². The molecule has 0 radical (unpaired) electrons. The summed E-state index contributed by atoms with van der Waals surface area (Å²) in [6, 6.07) is 0. The number of carbonyl (C=O) groups excluding carboxylic acids is 1. The second kappa shape index (κ2) is 4.51. The van der Waals surface area contributed by atoms with Crippen molar-refractivity contribution in [2.75, 3.05) is 6.54 Å². The molecule has 0 bridgehead atoms. The van der Waals surface area contributed by atoms with Gasteiger partial charge in [-0.25, -0.2) is 4.98 Å². The van der Waals surface area contributed by atoms with E-state index in [0.29, 0.717) is 12.5 Å². The Labute approximate surface area is 103 Å². The zero-order valence-electron chi connectivity index (χ0n) is 11.1. The summed E-state index contributed by atoms with van der Waals surface area (Å²) in [7, 11) is 0. The van der Waals surface area contributed by atoms with Crippen LogP contribution in [0.1, 0.15) is 45.1 Å². The molecule has 0 N–H and O–H groups in total. The highest BCUT2D eigenvalue weighted by Gasteiger charge is 2.24. The van der Waals surface area contributed by atoms with E-state index in [1.807, 2.05) is 24.9 Å². The lowest BCUT2D eigenvalue weighted by molar-refractivity contribution is -0.135. The Kier molecular flexibility index (Phi) is 3.22. The highest BCUT2D eigenvalue weighted by Crippen LogP contribution is 2.21. The molecule has 1 aromatic rings. The Hall–Kier alpha value is -1.32. The summed E-state index contributed by atoms with van der Waals surface area (Å²) in [6.45, 7) is 10.6. The Morgan fingerprint density at radius 1 is 1.29 bits per heavy atom. The van der Waals surface area contributed by atoms with Crippen molar-refractivity contribution in [3.63, 3.8) is 0 Å². The van der Waals surface area contributed by atoms with Gasteiger partial charge < -0.3 is 9.47 Å². The minimum atomic E-state index is 0.0778. The first-order valence-electron chi connectivity index (χ1n) is 6.33. The number of rotatable bonds is 2. The highest BCUT2D eigenvalue weighted by atomic mass is 16.2. The normalized spacial score (nSPS) is 15.5. The summed E-state index contributed by atoms with van der Waals surface area (Å²) < 4.78 is 2.26. The average molecular weight is 235 g/mol. The predicted octanol–water partition coefficient (Wildman–Crippen LogP) is 2.00. The molecule has 0 saturated carbocycles. The first-order valence-corrected chi connectivity index (χ1v) is 6.33. The lowest BCUT2D eigenvalue weighted by atomic mass is 10.1. The van der Waals surface area contributed by atoms with Gasteiger partial charge in [-0.1, -0.05) is 27.7 Å². The molecule has 2 heterocycles. The van der Waals surface area contributed by atoms with Crippen molar-refractivity contribution >= 4 is 5.91 Å². The highest BCUT2D eigenvalue weighted by molar-refractivity contribution is 5.78. The van der Waals surface area contributed by atoms with Crippen LogP contribution in [0.25, 0.3) is 0 Å². The van der Waals surface area contributed by atoms with E-state index >= 15 is 0 Å². The van der Waals surface area contributed by atoms with Crippen LogP contribution in [0.4, 0.5) is 0 Å². The third-order valence-electron chi connectivity index (χ3n) is 3.24. The average Bonchev–Trinajstić information content (AvgIpc) is 2.70. The van der Waals surface area contributed by atoms with Crippen LogP contribution in [0.2, 0.25) is 0 Å². The number of fused-ring (bicyclic) bond motifs is 1. The maximum Gasteiger partial charge on any atom is 0.225 e. The number of hydrogen-bond donors (Lipinski definition) is 0. The molecule has 0 spiro atoms. The van der Waals surface area contributed by atoms with Crippen LogP contribution in [0, 0.1) is 5.92 Å². The van der Waals surface area contributed by atoms with Crippen LogP contribution in [0.5, 0.6) is 0 Å². The van der Waals surface area contributed by atoms with Gasteiger partial charge in [0.1, 0.15) is 5.82 Å². The van der Waals surface area contributed by atoms with E-state index in [-0.39, 0.29) is 11.8 Å². The van der Waals surface area contributed by atoms with Crippen LogP contribution >= 0.6 is 0 Å². The summed E-state index contributed by atoms with van der Waals surface area (Å²) in [5.41, 5.74) is 1.16. The maximum absolute atomic E-state index is 11.9. The number of imidazole rings is 1. The molecule has 4 nitrogen and oxygen atoms in total. The van der Waals surface area contributed by atoms with Gasteiger partial charge in [0.25, 0.3) is 0 Å². The minimum absolute atomic E-state index is 0.0778. The second-order valence-electron chi connectivity index (χ2n) is 5.33. The molecule has 1 aliphatic heterocycles. The van der Waals surface area contributed by atoms with Crippen molar-refractivity contribution in [3.05, 3.63) is 17.7 Å². The molecule has 0 fully saturated rings. The number of amides is 1. The molecule has 1 aliphatic rings. The molecule has 0 unspecified atom stereocenters. The Balaban J connectivity index is 2.18. The number of hydrogen-bond acceptors (Lipinski definition) is 2. The molecular formula is C13H21N3O. The van der Waals surface area contributed by atoms with Gasteiger partial charge in [-0.15, -0.1) is 0 Å². The minimum Gasteiger partial charge on any atom is -0.335 e. The Bertz CT molecular complexity index is 420. The van der Waals surface area contributed by atoms with Crippen LogP contribution in [0.15, 0.2) is 6.20 Å². The van der Waals surface area contributed by atoms with Gasteiger partial charge in [-0.2, -0.15) is 0 Å². The SMILES string of the molecule is CC(C)C(=O)N1CCn2c(cnc2C(C)C)C1. The number of nitrogens with zero attached hydrogens (tertiary/aromatic N) is 3. The van der Waals surface area contributed by atoms with E-state index in [1.165, 1.54) is 0 Å². The molecule has 0 aliphatic carbocycles. The van der Waals surface area contributed by atoms with E-state index in [4.69, 9.17) is 0 Å². The summed E-state index contributed by atoms with van der Waals surface area (Å²) in [6.07, 6.45) is 1.91. The molecule has 0 aromatic carbocycles. The van der Waals surface area contributed by atoms with E-state index < -0.39 is 0 Å². The fourth-order valence-electron chi connectivity index (χ4n) is 2.32. The zero-order valence-corrected chi connectivity index (χ0v) is 11.1. The van der Waals surface area contributed by atoms with E-state index in [2.05, 4.69) is 23.4 Å². The lowest BCUT2D eigenvalue weighted by Crippen LogP contribution is -2.40. The van der Waals surface area contributed by atoms with Crippen molar-refractivity contribution < 1.29 is 4.79 Å². The summed E-state index contributed by atoms with van der Waals surface area (Å²) in [5.74, 6) is 1.89. The molecule has 17 heavy (non-hydrogen) atoms. The molecule has 4 heteroatoms. The molecule has 0 atom stereocenters. The van der Waals surface area contributed by atoms with Crippen LogP contribution < -0.4 is 0 Å². The van der Waals surface area contributed by atoms with Crippen LogP contribution in [0.3, 0.4) is 0 Å². The molecule has 2 rings (SSSR count). The largest absolute Gasteiger partial charge is 0.335 e. The fourth-order valence-corrected chi connectivity index (χ4v) is 2.32. The van der Waals surface area contributed by atoms with Crippen molar-refractivity contribution in [3.8, 4) is 0 Å². The van der Waals surface area contributed by atoms with Crippen molar-refractivity contribution in [1.29, 1.82) is 0 Å². The van der Waals surface area contributed by atoms with E-state index in [9.17, 15) is 4.79 Å². The molecule has 1 amide bonds. The van der Waals surface area contributed by atoms with Gasteiger partial charge in [0.2, 0.25) is 5.91 Å². The quantitative estimate of drug-likeness (QED) is 0.786. The third-order valence-corrected chi connectivity index (χ3v) is 3.24.